The number of hydrogen-bond acceptors (Lipinski definition) is 1. The molecule has 3 heteroatoms. The summed E-state index contributed by atoms with van der Waals surface area (Å²) < 4.78 is 1.80. The van der Waals surface area contributed by atoms with E-state index in [0.717, 1.165) is 12.8 Å². The molecule has 1 aliphatic rings. The van der Waals surface area contributed by atoms with Crippen molar-refractivity contribution in [2.24, 2.45) is 0 Å². The van der Waals surface area contributed by atoms with Crippen LogP contribution in [0.2, 0.25) is 0 Å². The standard InChI is InChI=1S/C8H12N2O/c1-8(3-2-4-8)10-6-5-9-7(10)11/h5-6H,2-4H2,1H3,(H,9,11). The topological polar surface area (TPSA) is 37.8 Å². The lowest BCUT2D eigenvalue weighted by Gasteiger charge is -2.38. The van der Waals surface area contributed by atoms with Crippen molar-refractivity contribution in [2.75, 3.05) is 0 Å². The summed E-state index contributed by atoms with van der Waals surface area (Å²) in [5.41, 5.74) is 0.129. The van der Waals surface area contributed by atoms with Crippen LogP contribution in [-0.4, -0.2) is 9.55 Å². The Balaban J connectivity index is 2.42. The van der Waals surface area contributed by atoms with E-state index in [0.29, 0.717) is 0 Å². The van der Waals surface area contributed by atoms with Crippen LogP contribution in [0.15, 0.2) is 17.2 Å². The van der Waals surface area contributed by atoms with Crippen LogP contribution in [0.3, 0.4) is 0 Å². The Kier molecular flexibility index (Phi) is 1.22. The molecular formula is C8H12N2O. The van der Waals surface area contributed by atoms with E-state index in [1.165, 1.54) is 6.42 Å². The highest BCUT2D eigenvalue weighted by molar-refractivity contribution is 4.94. The largest absolute Gasteiger partial charge is 0.325 e. The average Bonchev–Trinajstić information content (AvgIpc) is 2.30. The van der Waals surface area contributed by atoms with Gasteiger partial charge in [0.05, 0.1) is 0 Å². The molecular weight excluding hydrogens is 140 g/mol. The first-order valence-corrected chi connectivity index (χ1v) is 3.99. The fourth-order valence-electron chi connectivity index (χ4n) is 1.67. The normalized spacial score (nSPS) is 21.2. The van der Waals surface area contributed by atoms with Gasteiger partial charge in [-0.3, -0.25) is 4.57 Å². The summed E-state index contributed by atoms with van der Waals surface area (Å²) in [6, 6.07) is 0. The zero-order valence-corrected chi connectivity index (χ0v) is 6.63. The quantitative estimate of drug-likeness (QED) is 0.642. The molecule has 0 bridgehead atoms. The Morgan fingerprint density at radius 3 is 2.73 bits per heavy atom. The number of aromatic nitrogens is 2. The Morgan fingerprint density at radius 2 is 2.36 bits per heavy atom. The second kappa shape index (κ2) is 2.00. The Morgan fingerprint density at radius 1 is 1.64 bits per heavy atom. The first-order valence-electron chi connectivity index (χ1n) is 3.99. The lowest BCUT2D eigenvalue weighted by molar-refractivity contribution is 0.163. The van der Waals surface area contributed by atoms with Gasteiger partial charge < -0.3 is 4.98 Å². The number of imidazole rings is 1. The van der Waals surface area contributed by atoms with Gasteiger partial charge in [0.1, 0.15) is 0 Å². The van der Waals surface area contributed by atoms with Crippen molar-refractivity contribution in [3.05, 3.63) is 22.9 Å². The molecule has 0 aromatic carbocycles. The number of rotatable bonds is 1. The van der Waals surface area contributed by atoms with E-state index in [-0.39, 0.29) is 11.2 Å². The minimum atomic E-state index is 0.0206. The van der Waals surface area contributed by atoms with E-state index in [2.05, 4.69) is 11.9 Å². The molecule has 0 atom stereocenters. The van der Waals surface area contributed by atoms with Gasteiger partial charge in [0.25, 0.3) is 0 Å². The lowest BCUT2D eigenvalue weighted by Crippen LogP contribution is -2.42. The fourth-order valence-corrected chi connectivity index (χ4v) is 1.67. The molecule has 0 aliphatic heterocycles. The number of nitrogens with zero attached hydrogens (tertiary/aromatic N) is 1. The molecule has 1 N–H and O–H groups in total. The van der Waals surface area contributed by atoms with Crippen LogP contribution >= 0.6 is 0 Å². The molecule has 0 amide bonds. The molecule has 1 aliphatic carbocycles. The molecule has 1 saturated carbocycles. The van der Waals surface area contributed by atoms with Crippen LogP contribution in [0.4, 0.5) is 0 Å². The third kappa shape index (κ3) is 0.836. The molecule has 0 saturated heterocycles. The molecule has 1 aromatic heterocycles. The number of nitrogens with one attached hydrogen (secondary N) is 1. The van der Waals surface area contributed by atoms with Crippen molar-refractivity contribution < 1.29 is 0 Å². The van der Waals surface area contributed by atoms with Gasteiger partial charge in [0.2, 0.25) is 0 Å². The van der Waals surface area contributed by atoms with Crippen molar-refractivity contribution in [1.29, 1.82) is 0 Å². The first kappa shape index (κ1) is 6.70. The zero-order valence-electron chi connectivity index (χ0n) is 6.63. The molecule has 11 heavy (non-hydrogen) atoms. The second-order valence-corrected chi connectivity index (χ2v) is 3.49. The maximum atomic E-state index is 11.2. The zero-order chi connectivity index (χ0) is 7.90. The van der Waals surface area contributed by atoms with E-state index in [1.54, 1.807) is 10.8 Å². The monoisotopic (exact) mass is 152 g/mol. The maximum absolute atomic E-state index is 11.2. The van der Waals surface area contributed by atoms with Gasteiger partial charge in [-0.15, -0.1) is 0 Å². The molecule has 0 radical (unpaired) electrons. The van der Waals surface area contributed by atoms with Crippen molar-refractivity contribution >= 4 is 0 Å². The summed E-state index contributed by atoms with van der Waals surface area (Å²) in [6.45, 7) is 2.13. The van der Waals surface area contributed by atoms with Gasteiger partial charge in [0, 0.05) is 17.9 Å². The summed E-state index contributed by atoms with van der Waals surface area (Å²) >= 11 is 0. The van der Waals surface area contributed by atoms with Gasteiger partial charge >= 0.3 is 5.69 Å². The number of aromatic amines is 1. The highest BCUT2D eigenvalue weighted by Gasteiger charge is 2.34. The van der Waals surface area contributed by atoms with Crippen LogP contribution in [0.5, 0.6) is 0 Å². The second-order valence-electron chi connectivity index (χ2n) is 3.49. The lowest BCUT2D eigenvalue weighted by atomic mass is 9.78. The van der Waals surface area contributed by atoms with Crippen LogP contribution in [-0.2, 0) is 5.54 Å². The third-order valence-corrected chi connectivity index (χ3v) is 2.66. The average molecular weight is 152 g/mol. The molecule has 2 rings (SSSR count). The molecule has 1 fully saturated rings. The fraction of sp³-hybridized carbons (Fsp3) is 0.625. The maximum Gasteiger partial charge on any atom is 0.325 e. The van der Waals surface area contributed by atoms with Crippen LogP contribution in [0.25, 0.3) is 0 Å². The summed E-state index contributed by atoms with van der Waals surface area (Å²) in [6.07, 6.45) is 7.04. The van der Waals surface area contributed by atoms with Crippen molar-refractivity contribution in [2.45, 2.75) is 31.7 Å². The Labute approximate surface area is 65.1 Å². The third-order valence-electron chi connectivity index (χ3n) is 2.66. The van der Waals surface area contributed by atoms with Gasteiger partial charge in [-0.25, -0.2) is 4.79 Å². The molecule has 1 aromatic rings. The van der Waals surface area contributed by atoms with E-state index >= 15 is 0 Å². The van der Waals surface area contributed by atoms with Crippen molar-refractivity contribution in [1.82, 2.24) is 9.55 Å². The summed E-state index contributed by atoms with van der Waals surface area (Å²) in [5.74, 6) is 0. The van der Waals surface area contributed by atoms with Crippen LogP contribution < -0.4 is 5.69 Å². The van der Waals surface area contributed by atoms with E-state index in [4.69, 9.17) is 0 Å². The van der Waals surface area contributed by atoms with E-state index < -0.39 is 0 Å². The van der Waals surface area contributed by atoms with Crippen molar-refractivity contribution in [3.63, 3.8) is 0 Å². The Hall–Kier alpha value is -0.990. The molecule has 60 valence electrons. The van der Waals surface area contributed by atoms with Gasteiger partial charge in [-0.05, 0) is 26.2 Å². The summed E-state index contributed by atoms with van der Waals surface area (Å²) in [5, 5.41) is 0. The van der Waals surface area contributed by atoms with E-state index in [1.807, 2.05) is 6.20 Å². The summed E-state index contributed by atoms with van der Waals surface area (Å²) in [7, 11) is 0. The highest BCUT2D eigenvalue weighted by atomic mass is 16.1. The molecule has 0 spiro atoms. The van der Waals surface area contributed by atoms with Crippen molar-refractivity contribution in [3.8, 4) is 0 Å². The predicted molar refractivity (Wildman–Crippen MR) is 42.6 cm³/mol. The van der Waals surface area contributed by atoms with Gasteiger partial charge in [-0.1, -0.05) is 0 Å². The van der Waals surface area contributed by atoms with Gasteiger partial charge in [-0.2, -0.15) is 0 Å². The minimum Gasteiger partial charge on any atom is -0.313 e. The Bertz CT molecular complexity index is 306. The highest BCUT2D eigenvalue weighted by Crippen LogP contribution is 2.37. The first-order chi connectivity index (χ1) is 5.22. The molecule has 0 unspecified atom stereocenters. The predicted octanol–water partition coefficient (Wildman–Crippen LogP) is 1.08. The number of hydrogen-bond donors (Lipinski definition) is 1. The van der Waals surface area contributed by atoms with E-state index in [9.17, 15) is 4.79 Å². The molecule has 1 heterocycles. The van der Waals surface area contributed by atoms with Crippen LogP contribution in [0.1, 0.15) is 26.2 Å². The number of H-pyrrole nitrogens is 1. The summed E-state index contributed by atoms with van der Waals surface area (Å²) in [4.78, 5) is 13.8. The van der Waals surface area contributed by atoms with Gasteiger partial charge in [0.15, 0.2) is 0 Å². The molecule has 3 nitrogen and oxygen atoms in total. The SMILES string of the molecule is CC1(n2cc[nH]c2=O)CCC1. The minimum absolute atomic E-state index is 0.0206. The smallest absolute Gasteiger partial charge is 0.313 e. The van der Waals surface area contributed by atoms with Crippen LogP contribution in [0, 0.1) is 0 Å².